The Morgan fingerprint density at radius 1 is 0.886 bits per heavy atom. The second-order valence-electron chi connectivity index (χ2n) is 7.28. The molecule has 0 saturated heterocycles. The molecule has 0 aliphatic carbocycles. The van der Waals surface area contributed by atoms with Gasteiger partial charge in [0.1, 0.15) is 11.5 Å². The fourth-order valence-corrected chi connectivity index (χ4v) is 3.15. The second-order valence-corrected chi connectivity index (χ2v) is 7.28. The Balaban J connectivity index is 1.60. The molecule has 7 nitrogen and oxygen atoms in total. The van der Waals surface area contributed by atoms with Crippen LogP contribution in [0, 0.1) is 0 Å². The number of halogens is 3. The molecule has 0 aliphatic rings. The van der Waals surface area contributed by atoms with Crippen molar-refractivity contribution in [3.05, 3.63) is 77.9 Å². The van der Waals surface area contributed by atoms with Crippen molar-refractivity contribution >= 4 is 28.9 Å². The van der Waals surface area contributed by atoms with Gasteiger partial charge in [-0.15, -0.1) is 0 Å². The molecule has 2 amide bonds. The number of methoxy groups -OCH3 is 1. The van der Waals surface area contributed by atoms with E-state index in [1.807, 2.05) is 0 Å². The molecule has 0 aromatic heterocycles. The van der Waals surface area contributed by atoms with E-state index in [0.717, 1.165) is 12.1 Å². The van der Waals surface area contributed by atoms with Gasteiger partial charge in [0.2, 0.25) is 5.91 Å². The molecule has 0 bridgehead atoms. The summed E-state index contributed by atoms with van der Waals surface area (Å²) in [6, 6.07) is 16.2. The number of carbonyl (C=O) groups is 2. The fraction of sp³-hybridized carbons (Fsp3) is 0.200. The maximum atomic E-state index is 13.0. The molecule has 3 aromatic rings. The Morgan fingerprint density at radius 2 is 1.60 bits per heavy atom. The minimum absolute atomic E-state index is 0.0557. The predicted molar refractivity (Wildman–Crippen MR) is 127 cm³/mol. The zero-order chi connectivity index (χ0) is 25.4. The van der Waals surface area contributed by atoms with E-state index in [4.69, 9.17) is 9.47 Å². The van der Waals surface area contributed by atoms with E-state index in [1.54, 1.807) is 43.3 Å². The van der Waals surface area contributed by atoms with Gasteiger partial charge in [0.15, 0.2) is 0 Å². The SMILES string of the molecule is CCOc1ccc(C(F)(F)F)cc1NCC(=O)Nc1ccc(C(=O)Nc2ccccc2OC)cc1. The number of hydrogen-bond acceptors (Lipinski definition) is 5. The summed E-state index contributed by atoms with van der Waals surface area (Å²) in [4.78, 5) is 24.8. The molecule has 184 valence electrons. The highest BCUT2D eigenvalue weighted by atomic mass is 19.4. The Hall–Kier alpha value is -4.21. The van der Waals surface area contributed by atoms with Gasteiger partial charge in [-0.05, 0) is 61.5 Å². The highest BCUT2D eigenvalue weighted by Crippen LogP contribution is 2.35. The average Bonchev–Trinajstić information content (AvgIpc) is 2.83. The normalized spacial score (nSPS) is 10.9. The Morgan fingerprint density at radius 3 is 2.26 bits per heavy atom. The van der Waals surface area contributed by atoms with Crippen LogP contribution in [0.2, 0.25) is 0 Å². The lowest BCUT2D eigenvalue weighted by Crippen LogP contribution is -2.22. The van der Waals surface area contributed by atoms with Gasteiger partial charge in [-0.25, -0.2) is 0 Å². The molecule has 35 heavy (non-hydrogen) atoms. The van der Waals surface area contributed by atoms with Crippen LogP contribution in [0.5, 0.6) is 11.5 Å². The largest absolute Gasteiger partial charge is 0.495 e. The Bertz CT molecular complexity index is 1180. The Kier molecular flexibility index (Phi) is 8.19. The lowest BCUT2D eigenvalue weighted by Gasteiger charge is -2.15. The molecule has 0 unspecified atom stereocenters. The van der Waals surface area contributed by atoms with E-state index in [0.29, 0.717) is 22.7 Å². The van der Waals surface area contributed by atoms with E-state index in [1.165, 1.54) is 25.3 Å². The number of carbonyl (C=O) groups excluding carboxylic acids is 2. The summed E-state index contributed by atoms with van der Waals surface area (Å²) in [7, 11) is 1.50. The molecule has 0 heterocycles. The summed E-state index contributed by atoms with van der Waals surface area (Å²) >= 11 is 0. The number of benzene rings is 3. The van der Waals surface area contributed by atoms with E-state index in [9.17, 15) is 22.8 Å². The summed E-state index contributed by atoms with van der Waals surface area (Å²) in [5.74, 6) is -0.123. The number of para-hydroxylation sites is 2. The number of amides is 2. The zero-order valence-electron chi connectivity index (χ0n) is 19.0. The van der Waals surface area contributed by atoms with Gasteiger partial charge in [0.25, 0.3) is 5.91 Å². The van der Waals surface area contributed by atoms with Gasteiger partial charge in [0.05, 0.1) is 37.2 Å². The van der Waals surface area contributed by atoms with E-state index in [2.05, 4.69) is 16.0 Å². The van der Waals surface area contributed by atoms with Crippen molar-refractivity contribution in [2.45, 2.75) is 13.1 Å². The monoisotopic (exact) mass is 487 g/mol. The van der Waals surface area contributed by atoms with Gasteiger partial charge >= 0.3 is 6.18 Å². The molecule has 0 saturated carbocycles. The smallest absolute Gasteiger partial charge is 0.416 e. The van der Waals surface area contributed by atoms with Gasteiger partial charge in [-0.1, -0.05) is 12.1 Å². The average molecular weight is 487 g/mol. The van der Waals surface area contributed by atoms with Crippen LogP contribution in [0.3, 0.4) is 0 Å². The summed E-state index contributed by atoms with van der Waals surface area (Å²) < 4.78 is 49.7. The molecule has 0 fully saturated rings. The molecule has 3 N–H and O–H groups in total. The Labute approximate surface area is 200 Å². The molecular weight excluding hydrogens is 463 g/mol. The van der Waals surface area contributed by atoms with Crippen molar-refractivity contribution in [3.63, 3.8) is 0 Å². The van der Waals surface area contributed by atoms with Crippen molar-refractivity contribution < 1.29 is 32.2 Å². The summed E-state index contributed by atoms with van der Waals surface area (Å²) in [5.41, 5.74) is 0.493. The van der Waals surface area contributed by atoms with Crippen LogP contribution in [-0.4, -0.2) is 32.1 Å². The van der Waals surface area contributed by atoms with Gasteiger partial charge in [-0.3, -0.25) is 9.59 Å². The van der Waals surface area contributed by atoms with Gasteiger partial charge in [-0.2, -0.15) is 13.2 Å². The summed E-state index contributed by atoms with van der Waals surface area (Å²) in [6.07, 6.45) is -4.52. The lowest BCUT2D eigenvalue weighted by atomic mass is 10.1. The zero-order valence-corrected chi connectivity index (χ0v) is 19.0. The van der Waals surface area contributed by atoms with Gasteiger partial charge < -0.3 is 25.4 Å². The maximum absolute atomic E-state index is 13.0. The highest BCUT2D eigenvalue weighted by molar-refractivity contribution is 6.05. The number of nitrogens with one attached hydrogen (secondary N) is 3. The topological polar surface area (TPSA) is 88.7 Å². The predicted octanol–water partition coefficient (Wildman–Crippen LogP) is 5.42. The van der Waals surface area contributed by atoms with Crippen LogP contribution in [-0.2, 0) is 11.0 Å². The standard InChI is InChI=1S/C25H24F3N3O4/c1-3-35-22-13-10-17(25(26,27)28)14-20(22)29-15-23(32)30-18-11-8-16(9-12-18)24(33)31-19-6-4-5-7-21(19)34-2/h4-14,29H,3,15H2,1-2H3,(H,30,32)(H,31,33). The quantitative estimate of drug-likeness (QED) is 0.375. The minimum Gasteiger partial charge on any atom is -0.495 e. The van der Waals surface area contributed by atoms with Crippen LogP contribution in [0.1, 0.15) is 22.8 Å². The summed E-state index contributed by atoms with van der Waals surface area (Å²) in [6.45, 7) is 1.66. The second kappa shape index (κ2) is 11.3. The maximum Gasteiger partial charge on any atom is 0.416 e. The van der Waals surface area contributed by atoms with Crippen LogP contribution in [0.25, 0.3) is 0 Å². The molecule has 10 heteroatoms. The van der Waals surface area contributed by atoms with Gasteiger partial charge in [0, 0.05) is 11.3 Å². The number of ether oxygens (including phenoxy) is 2. The van der Waals surface area contributed by atoms with Crippen LogP contribution >= 0.6 is 0 Å². The highest BCUT2D eigenvalue weighted by Gasteiger charge is 2.31. The molecular formula is C25H24F3N3O4. The van der Waals surface area contributed by atoms with E-state index in [-0.39, 0.29) is 30.5 Å². The molecule has 3 rings (SSSR count). The number of alkyl halides is 3. The third-order valence-corrected chi connectivity index (χ3v) is 4.83. The third kappa shape index (κ3) is 6.89. The first-order valence-electron chi connectivity index (χ1n) is 10.6. The first-order valence-corrected chi connectivity index (χ1v) is 10.6. The minimum atomic E-state index is -4.52. The first-order chi connectivity index (χ1) is 16.7. The molecule has 0 atom stereocenters. The van der Waals surface area contributed by atoms with Crippen LogP contribution < -0.4 is 25.4 Å². The van der Waals surface area contributed by atoms with E-state index >= 15 is 0 Å². The molecule has 0 radical (unpaired) electrons. The number of rotatable bonds is 9. The number of anilines is 3. The van der Waals surface area contributed by atoms with Crippen molar-refractivity contribution in [3.8, 4) is 11.5 Å². The fourth-order valence-electron chi connectivity index (χ4n) is 3.15. The number of hydrogen-bond donors (Lipinski definition) is 3. The molecule has 3 aromatic carbocycles. The third-order valence-electron chi connectivity index (χ3n) is 4.83. The first kappa shape index (κ1) is 25.4. The van der Waals surface area contributed by atoms with E-state index < -0.39 is 17.6 Å². The van der Waals surface area contributed by atoms with Crippen molar-refractivity contribution in [1.82, 2.24) is 0 Å². The lowest BCUT2D eigenvalue weighted by molar-refractivity contribution is -0.137. The van der Waals surface area contributed by atoms with Crippen LogP contribution in [0.4, 0.5) is 30.2 Å². The van der Waals surface area contributed by atoms with Crippen LogP contribution in [0.15, 0.2) is 66.7 Å². The van der Waals surface area contributed by atoms with Crippen molar-refractivity contribution in [2.75, 3.05) is 36.2 Å². The molecule has 0 spiro atoms. The summed E-state index contributed by atoms with van der Waals surface area (Å²) in [5, 5.41) is 8.07. The molecule has 0 aliphatic heterocycles. The van der Waals surface area contributed by atoms with Crippen molar-refractivity contribution in [1.29, 1.82) is 0 Å². The van der Waals surface area contributed by atoms with Crippen molar-refractivity contribution in [2.24, 2.45) is 0 Å².